The van der Waals surface area contributed by atoms with Crippen LogP contribution in [0, 0.1) is 7.14 Å². The number of rotatable bonds is 6. The summed E-state index contributed by atoms with van der Waals surface area (Å²) in [7, 11) is 0. The summed E-state index contributed by atoms with van der Waals surface area (Å²) in [4.78, 5) is 29.3. The van der Waals surface area contributed by atoms with Gasteiger partial charge in [-0.2, -0.15) is 9.78 Å². The highest BCUT2D eigenvalue weighted by atomic mass is 127. The van der Waals surface area contributed by atoms with E-state index in [1.807, 2.05) is 24.3 Å². The van der Waals surface area contributed by atoms with Crippen molar-refractivity contribution in [2.75, 3.05) is 6.61 Å². The zero-order valence-electron chi connectivity index (χ0n) is 17.6. The van der Waals surface area contributed by atoms with Gasteiger partial charge in [0.1, 0.15) is 11.6 Å². The lowest BCUT2D eigenvalue weighted by Gasteiger charge is -2.22. The molecule has 1 aliphatic rings. The largest absolute Gasteiger partial charge is 0.482 e. The van der Waals surface area contributed by atoms with Gasteiger partial charge in [0.25, 0.3) is 11.5 Å². The van der Waals surface area contributed by atoms with Gasteiger partial charge in [0, 0.05) is 10.4 Å². The predicted octanol–water partition coefficient (Wildman–Crippen LogP) is 5.16. The molecule has 1 saturated carbocycles. The highest BCUT2D eigenvalue weighted by Crippen LogP contribution is 2.32. The third-order valence-electron chi connectivity index (χ3n) is 5.51. The maximum Gasteiger partial charge on any atom is 0.282 e. The van der Waals surface area contributed by atoms with E-state index in [0.29, 0.717) is 16.7 Å². The summed E-state index contributed by atoms with van der Waals surface area (Å²) in [6.07, 6.45) is 7.15. The van der Waals surface area contributed by atoms with Crippen LogP contribution in [0.2, 0.25) is 0 Å². The van der Waals surface area contributed by atoms with Crippen LogP contribution < -0.4 is 16.0 Å². The van der Waals surface area contributed by atoms with Gasteiger partial charge in [0.15, 0.2) is 6.61 Å². The second-order valence-corrected chi connectivity index (χ2v) is 11.1. The zero-order chi connectivity index (χ0) is 23.5. The van der Waals surface area contributed by atoms with Crippen LogP contribution in [-0.2, 0) is 4.79 Å². The van der Waals surface area contributed by atoms with Crippen molar-refractivity contribution >= 4 is 84.1 Å². The summed E-state index contributed by atoms with van der Waals surface area (Å²) in [5.74, 6) is 1.000. The molecule has 0 aliphatic heterocycles. The molecule has 0 spiro atoms. The predicted molar refractivity (Wildman–Crippen MR) is 149 cm³/mol. The molecule has 172 valence electrons. The topological polar surface area (TPSA) is 99.6 Å². The zero-order valence-corrected chi connectivity index (χ0v) is 23.5. The van der Waals surface area contributed by atoms with E-state index < -0.39 is 5.91 Å². The first kappa shape index (κ1) is 24.6. The molecule has 0 saturated heterocycles. The number of carbonyl (C=O) groups is 1. The van der Waals surface area contributed by atoms with Crippen LogP contribution in [0.3, 0.4) is 0 Å². The molecule has 2 aromatic carbocycles. The van der Waals surface area contributed by atoms with Crippen molar-refractivity contribution in [1.29, 1.82) is 0 Å². The molecule has 0 radical (unpaired) electrons. The number of primary amides is 1. The molecule has 7 nitrogen and oxygen atoms in total. The van der Waals surface area contributed by atoms with Crippen LogP contribution in [0.5, 0.6) is 5.75 Å². The molecule has 1 aliphatic carbocycles. The van der Waals surface area contributed by atoms with Crippen LogP contribution in [-0.4, -0.2) is 28.4 Å². The summed E-state index contributed by atoms with van der Waals surface area (Å²) in [6.45, 7) is -0.183. The Morgan fingerprint density at radius 3 is 2.58 bits per heavy atom. The van der Waals surface area contributed by atoms with Crippen LogP contribution >= 0.6 is 61.1 Å². The molecule has 0 unspecified atom stereocenters. The van der Waals surface area contributed by atoms with Crippen LogP contribution in [0.25, 0.3) is 10.9 Å². The number of nitrogens with zero attached hydrogens (tertiary/aromatic N) is 3. The Bertz CT molecular complexity index is 1280. The molecule has 0 atom stereocenters. The second-order valence-electron chi connectivity index (χ2n) is 7.90. The normalized spacial score (nSPS) is 14.8. The van der Waals surface area contributed by atoms with Gasteiger partial charge in [-0.25, -0.2) is 4.98 Å². The summed E-state index contributed by atoms with van der Waals surface area (Å²) in [5, 5.41) is 5.13. The Morgan fingerprint density at radius 2 is 1.91 bits per heavy atom. The number of fused-ring (bicyclic) bond motifs is 1. The summed E-state index contributed by atoms with van der Waals surface area (Å²) in [5.41, 5.74) is 6.51. The number of hydrogen-bond acceptors (Lipinski definition) is 5. The van der Waals surface area contributed by atoms with Crippen molar-refractivity contribution in [3.63, 3.8) is 0 Å². The fraction of sp³-hybridized carbons (Fsp3) is 0.304. The molecule has 0 bridgehead atoms. The highest BCUT2D eigenvalue weighted by Gasteiger charge is 2.22. The Balaban J connectivity index is 1.76. The lowest BCUT2D eigenvalue weighted by Crippen LogP contribution is -2.25. The molecule has 1 aromatic heterocycles. The Hall–Kier alpha value is -1.54. The van der Waals surface area contributed by atoms with E-state index in [-0.39, 0.29) is 18.1 Å². The number of halogens is 3. The Kier molecular flexibility index (Phi) is 8.05. The van der Waals surface area contributed by atoms with Crippen molar-refractivity contribution in [2.45, 2.75) is 38.0 Å². The van der Waals surface area contributed by atoms with Gasteiger partial charge >= 0.3 is 0 Å². The van der Waals surface area contributed by atoms with E-state index in [9.17, 15) is 9.59 Å². The SMILES string of the molecule is NC(=O)COc1c(I)cc(C=Nn2c(C3CCCCC3)nc3ccc(Br)cc3c2=O)cc1I. The molecule has 1 amide bonds. The average molecular weight is 735 g/mol. The van der Waals surface area contributed by atoms with Crippen LogP contribution in [0.15, 0.2) is 44.7 Å². The Morgan fingerprint density at radius 1 is 1.21 bits per heavy atom. The maximum absolute atomic E-state index is 13.4. The number of amides is 1. The molecule has 33 heavy (non-hydrogen) atoms. The third-order valence-corrected chi connectivity index (χ3v) is 7.60. The number of aromatic nitrogens is 2. The van der Waals surface area contributed by atoms with Crippen molar-refractivity contribution < 1.29 is 9.53 Å². The molecule has 4 rings (SSSR count). The van der Waals surface area contributed by atoms with Gasteiger partial charge in [-0.3, -0.25) is 9.59 Å². The number of hydrogen-bond donors (Lipinski definition) is 1. The third kappa shape index (κ3) is 5.76. The standard InChI is InChI=1S/C23H21BrI2N4O3/c24-15-6-7-19-16(10-15)23(32)30(22(29-19)14-4-2-1-3-5-14)28-11-13-8-17(25)21(18(26)9-13)33-12-20(27)31/h6-11,14H,1-5,12H2,(H2,27,31). The molecule has 2 N–H and O–H groups in total. The number of ether oxygens (including phenoxy) is 1. The van der Waals surface area contributed by atoms with E-state index in [1.54, 1.807) is 12.3 Å². The first-order valence-corrected chi connectivity index (χ1v) is 13.4. The molecular formula is C23H21BrI2N4O3. The average Bonchev–Trinajstić information content (AvgIpc) is 2.78. The van der Waals surface area contributed by atoms with Crippen molar-refractivity contribution in [3.05, 3.63) is 63.7 Å². The van der Waals surface area contributed by atoms with Crippen molar-refractivity contribution in [3.8, 4) is 5.75 Å². The first-order valence-electron chi connectivity index (χ1n) is 10.5. The van der Waals surface area contributed by atoms with Gasteiger partial charge in [0.2, 0.25) is 0 Å². The van der Waals surface area contributed by atoms with E-state index in [2.05, 4.69) is 66.2 Å². The summed E-state index contributed by atoms with van der Waals surface area (Å²) < 4.78 is 9.45. The van der Waals surface area contributed by atoms with E-state index in [4.69, 9.17) is 15.5 Å². The summed E-state index contributed by atoms with van der Waals surface area (Å²) in [6, 6.07) is 9.34. The Labute approximate surface area is 226 Å². The van der Waals surface area contributed by atoms with Gasteiger partial charge in [-0.15, -0.1) is 0 Å². The van der Waals surface area contributed by atoms with E-state index in [0.717, 1.165) is 48.7 Å². The van der Waals surface area contributed by atoms with Gasteiger partial charge in [-0.1, -0.05) is 35.2 Å². The number of benzene rings is 2. The van der Waals surface area contributed by atoms with Gasteiger partial charge < -0.3 is 10.5 Å². The highest BCUT2D eigenvalue weighted by molar-refractivity contribution is 14.1. The maximum atomic E-state index is 13.4. The molecule has 10 heteroatoms. The molecule has 1 heterocycles. The lowest BCUT2D eigenvalue weighted by atomic mass is 9.88. The van der Waals surface area contributed by atoms with E-state index >= 15 is 0 Å². The number of carbonyl (C=O) groups excluding carboxylic acids is 1. The molecular weight excluding hydrogens is 714 g/mol. The summed E-state index contributed by atoms with van der Waals surface area (Å²) >= 11 is 7.74. The van der Waals surface area contributed by atoms with Gasteiger partial charge in [0.05, 0.1) is 24.3 Å². The number of nitrogens with two attached hydrogens (primary N) is 1. The lowest BCUT2D eigenvalue weighted by molar-refractivity contribution is -0.119. The fourth-order valence-corrected chi connectivity index (χ4v) is 6.45. The van der Waals surface area contributed by atoms with E-state index in [1.165, 1.54) is 11.1 Å². The fourth-order valence-electron chi connectivity index (χ4n) is 3.96. The minimum absolute atomic E-state index is 0.177. The monoisotopic (exact) mass is 734 g/mol. The minimum atomic E-state index is -0.530. The first-order chi connectivity index (χ1) is 15.8. The van der Waals surface area contributed by atoms with Crippen LogP contribution in [0.4, 0.5) is 0 Å². The minimum Gasteiger partial charge on any atom is -0.482 e. The van der Waals surface area contributed by atoms with Crippen molar-refractivity contribution in [2.24, 2.45) is 10.8 Å². The van der Waals surface area contributed by atoms with Crippen LogP contribution in [0.1, 0.15) is 49.4 Å². The van der Waals surface area contributed by atoms with Crippen molar-refractivity contribution in [1.82, 2.24) is 9.66 Å². The van der Waals surface area contributed by atoms with Gasteiger partial charge in [-0.05, 0) is 93.9 Å². The molecule has 3 aromatic rings. The smallest absolute Gasteiger partial charge is 0.282 e. The molecule has 1 fully saturated rings. The quantitative estimate of drug-likeness (QED) is 0.280. The second kappa shape index (κ2) is 10.8.